The molecule has 1 aromatic carbocycles. The first-order valence-electron chi connectivity index (χ1n) is 9.21. The van der Waals surface area contributed by atoms with Crippen molar-refractivity contribution >= 4 is 16.8 Å². The number of benzene rings is 1. The Morgan fingerprint density at radius 2 is 2.30 bits per heavy atom. The molecule has 27 heavy (non-hydrogen) atoms. The van der Waals surface area contributed by atoms with Crippen molar-refractivity contribution in [1.82, 2.24) is 24.8 Å². The molecular formula is C20H25N5O2. The summed E-state index contributed by atoms with van der Waals surface area (Å²) in [6.07, 6.45) is 3.77. The summed E-state index contributed by atoms with van der Waals surface area (Å²) in [5, 5.41) is 4.21. The van der Waals surface area contributed by atoms with Crippen LogP contribution in [0.4, 0.5) is 0 Å². The van der Waals surface area contributed by atoms with Crippen LogP contribution in [0, 0.1) is 0 Å². The average molecular weight is 367 g/mol. The summed E-state index contributed by atoms with van der Waals surface area (Å²) in [6.45, 7) is 3.23. The quantitative estimate of drug-likeness (QED) is 0.651. The SMILES string of the molecule is COCCNC(=O)[C@@H]1CN(Cc2cccc3[nH]ccc23)Cc2ncn(C)c21. The van der Waals surface area contributed by atoms with Crippen molar-refractivity contribution in [3.05, 3.63) is 53.7 Å². The Kier molecular flexibility index (Phi) is 4.96. The second-order valence-corrected chi connectivity index (χ2v) is 7.05. The highest BCUT2D eigenvalue weighted by atomic mass is 16.5. The van der Waals surface area contributed by atoms with Crippen molar-refractivity contribution in [2.75, 3.05) is 26.8 Å². The first-order chi connectivity index (χ1) is 13.2. The molecule has 2 N–H and O–H groups in total. The maximum atomic E-state index is 12.8. The topological polar surface area (TPSA) is 75.2 Å². The lowest BCUT2D eigenvalue weighted by atomic mass is 9.96. The number of aryl methyl sites for hydroxylation is 1. The molecule has 2 aromatic heterocycles. The number of hydrogen-bond acceptors (Lipinski definition) is 4. The zero-order chi connectivity index (χ0) is 18.8. The van der Waals surface area contributed by atoms with Gasteiger partial charge in [-0.15, -0.1) is 0 Å². The van der Waals surface area contributed by atoms with E-state index in [1.807, 2.05) is 17.8 Å². The normalized spacial score (nSPS) is 17.2. The fourth-order valence-corrected chi connectivity index (χ4v) is 3.93. The van der Waals surface area contributed by atoms with Gasteiger partial charge < -0.3 is 19.6 Å². The van der Waals surface area contributed by atoms with Crippen molar-refractivity contribution in [1.29, 1.82) is 0 Å². The van der Waals surface area contributed by atoms with Crippen LogP contribution in [0.3, 0.4) is 0 Å². The minimum Gasteiger partial charge on any atom is -0.383 e. The monoisotopic (exact) mass is 367 g/mol. The van der Waals surface area contributed by atoms with Crippen LogP contribution in [0.25, 0.3) is 10.9 Å². The van der Waals surface area contributed by atoms with Crippen LogP contribution in [0.15, 0.2) is 36.8 Å². The van der Waals surface area contributed by atoms with Crippen molar-refractivity contribution in [2.24, 2.45) is 7.05 Å². The van der Waals surface area contributed by atoms with Gasteiger partial charge in [-0.05, 0) is 17.7 Å². The minimum absolute atomic E-state index is 0.0291. The summed E-state index contributed by atoms with van der Waals surface area (Å²) >= 11 is 0. The Morgan fingerprint density at radius 1 is 1.41 bits per heavy atom. The van der Waals surface area contributed by atoms with Crippen LogP contribution >= 0.6 is 0 Å². The van der Waals surface area contributed by atoms with E-state index in [2.05, 4.69) is 44.5 Å². The zero-order valence-corrected chi connectivity index (χ0v) is 15.7. The molecule has 0 unspecified atom stereocenters. The number of aromatic nitrogens is 3. The van der Waals surface area contributed by atoms with Gasteiger partial charge >= 0.3 is 0 Å². The largest absolute Gasteiger partial charge is 0.383 e. The van der Waals surface area contributed by atoms with Crippen LogP contribution in [0.2, 0.25) is 0 Å². The number of carbonyl (C=O) groups is 1. The van der Waals surface area contributed by atoms with Gasteiger partial charge in [0.15, 0.2) is 0 Å². The average Bonchev–Trinajstić information content (AvgIpc) is 3.29. The molecule has 0 aliphatic carbocycles. The number of methoxy groups -OCH3 is 1. The van der Waals surface area contributed by atoms with E-state index < -0.39 is 0 Å². The molecule has 0 radical (unpaired) electrons. The molecule has 1 atom stereocenters. The molecule has 7 nitrogen and oxygen atoms in total. The van der Waals surface area contributed by atoms with E-state index in [4.69, 9.17) is 4.74 Å². The van der Waals surface area contributed by atoms with Gasteiger partial charge in [0.1, 0.15) is 0 Å². The van der Waals surface area contributed by atoms with E-state index in [1.54, 1.807) is 13.4 Å². The molecule has 3 heterocycles. The molecule has 1 aliphatic rings. The van der Waals surface area contributed by atoms with Gasteiger partial charge in [-0.25, -0.2) is 4.98 Å². The zero-order valence-electron chi connectivity index (χ0n) is 15.7. The van der Waals surface area contributed by atoms with Crippen molar-refractivity contribution in [3.63, 3.8) is 0 Å². The maximum Gasteiger partial charge on any atom is 0.230 e. The number of ether oxygens (including phenoxy) is 1. The number of carbonyl (C=O) groups excluding carboxylic acids is 1. The second kappa shape index (κ2) is 7.54. The van der Waals surface area contributed by atoms with E-state index in [0.29, 0.717) is 19.7 Å². The molecule has 7 heteroatoms. The van der Waals surface area contributed by atoms with Gasteiger partial charge in [0.05, 0.1) is 30.2 Å². The summed E-state index contributed by atoms with van der Waals surface area (Å²) in [5.41, 5.74) is 4.39. The molecule has 0 bridgehead atoms. The minimum atomic E-state index is -0.233. The molecule has 4 rings (SSSR count). The molecule has 0 saturated heterocycles. The predicted molar refractivity (Wildman–Crippen MR) is 103 cm³/mol. The van der Waals surface area contributed by atoms with E-state index >= 15 is 0 Å². The van der Waals surface area contributed by atoms with Gasteiger partial charge in [-0.2, -0.15) is 0 Å². The molecule has 1 aliphatic heterocycles. The summed E-state index contributed by atoms with van der Waals surface area (Å²) < 4.78 is 7.02. The van der Waals surface area contributed by atoms with Crippen molar-refractivity contribution in [2.45, 2.75) is 19.0 Å². The van der Waals surface area contributed by atoms with Crippen LogP contribution in [0.1, 0.15) is 22.9 Å². The van der Waals surface area contributed by atoms with E-state index in [0.717, 1.165) is 30.0 Å². The highest BCUT2D eigenvalue weighted by Crippen LogP contribution is 2.29. The summed E-state index contributed by atoms with van der Waals surface area (Å²) in [5.74, 6) is -0.204. The Labute approximate surface area is 158 Å². The highest BCUT2D eigenvalue weighted by molar-refractivity contribution is 5.84. The third kappa shape index (κ3) is 3.48. The standard InChI is InChI=1S/C20H25N5O2/c1-24-13-23-18-12-25(10-14-4-3-5-17-15(14)6-7-21-17)11-16(19(18)24)20(26)22-8-9-27-2/h3-7,13,16,21H,8-12H2,1-2H3,(H,22,26)/t16-/m1/s1. The molecule has 1 amide bonds. The number of H-pyrrole nitrogens is 1. The molecule has 0 saturated carbocycles. The smallest absolute Gasteiger partial charge is 0.230 e. The third-order valence-electron chi connectivity index (χ3n) is 5.21. The van der Waals surface area contributed by atoms with Crippen LogP contribution in [-0.2, 0) is 29.7 Å². The Balaban J connectivity index is 1.57. The van der Waals surface area contributed by atoms with Crippen molar-refractivity contribution in [3.8, 4) is 0 Å². The first kappa shape index (κ1) is 17.8. The second-order valence-electron chi connectivity index (χ2n) is 7.05. The van der Waals surface area contributed by atoms with Crippen LogP contribution in [0.5, 0.6) is 0 Å². The Bertz CT molecular complexity index is 945. The van der Waals surface area contributed by atoms with Crippen molar-refractivity contribution < 1.29 is 9.53 Å². The van der Waals surface area contributed by atoms with Gasteiger partial charge in [-0.1, -0.05) is 12.1 Å². The number of hydrogen-bond donors (Lipinski definition) is 2. The molecular weight excluding hydrogens is 342 g/mol. The van der Waals surface area contributed by atoms with Gasteiger partial charge in [0.2, 0.25) is 5.91 Å². The number of aromatic amines is 1. The Morgan fingerprint density at radius 3 is 3.15 bits per heavy atom. The summed E-state index contributed by atoms with van der Waals surface area (Å²) in [4.78, 5) is 22.9. The first-order valence-corrected chi connectivity index (χ1v) is 9.21. The molecule has 142 valence electrons. The van der Waals surface area contributed by atoms with E-state index in [-0.39, 0.29) is 11.8 Å². The fraction of sp³-hybridized carbons (Fsp3) is 0.400. The predicted octanol–water partition coefficient (Wildman–Crippen LogP) is 1.76. The summed E-state index contributed by atoms with van der Waals surface area (Å²) in [6, 6.07) is 8.41. The third-order valence-corrected chi connectivity index (χ3v) is 5.21. The van der Waals surface area contributed by atoms with E-state index in [9.17, 15) is 4.79 Å². The van der Waals surface area contributed by atoms with Crippen LogP contribution in [-0.4, -0.2) is 52.1 Å². The maximum absolute atomic E-state index is 12.8. The van der Waals surface area contributed by atoms with Gasteiger partial charge in [-0.3, -0.25) is 9.69 Å². The van der Waals surface area contributed by atoms with Crippen LogP contribution < -0.4 is 5.32 Å². The fourth-order valence-electron chi connectivity index (χ4n) is 3.93. The number of fused-ring (bicyclic) bond motifs is 2. The van der Waals surface area contributed by atoms with Gasteiger partial charge in [0, 0.05) is 57.4 Å². The lowest BCUT2D eigenvalue weighted by molar-refractivity contribution is -0.123. The Hall–Kier alpha value is -2.64. The highest BCUT2D eigenvalue weighted by Gasteiger charge is 2.33. The lowest BCUT2D eigenvalue weighted by Gasteiger charge is -2.32. The number of amides is 1. The number of nitrogens with zero attached hydrogens (tertiary/aromatic N) is 3. The van der Waals surface area contributed by atoms with Gasteiger partial charge in [0.25, 0.3) is 0 Å². The summed E-state index contributed by atoms with van der Waals surface area (Å²) in [7, 11) is 3.59. The molecule has 3 aromatic rings. The number of imidazole rings is 1. The van der Waals surface area contributed by atoms with E-state index in [1.165, 1.54) is 10.9 Å². The molecule has 0 fully saturated rings. The lowest BCUT2D eigenvalue weighted by Crippen LogP contribution is -2.42. The number of nitrogens with one attached hydrogen (secondary N) is 2. The molecule has 0 spiro atoms. The number of rotatable bonds is 6.